The zero-order chi connectivity index (χ0) is 17.2. The number of ether oxygens (including phenoxy) is 2. The molecule has 2 aliphatic heterocycles. The van der Waals surface area contributed by atoms with Crippen molar-refractivity contribution in [3.05, 3.63) is 0 Å². The molecule has 0 amide bonds. The Balaban J connectivity index is 1.95. The number of morpholine rings is 1. The van der Waals surface area contributed by atoms with Crippen molar-refractivity contribution in [1.29, 1.82) is 0 Å². The summed E-state index contributed by atoms with van der Waals surface area (Å²) in [6, 6.07) is 0. The second-order valence-corrected chi connectivity index (χ2v) is 6.77. The fraction of sp³-hybridized carbons (Fsp3) is 0.944. The smallest absolute Gasteiger partial charge is 0.194 e. The van der Waals surface area contributed by atoms with E-state index >= 15 is 0 Å². The van der Waals surface area contributed by atoms with Gasteiger partial charge in [-0.05, 0) is 38.5 Å². The number of aliphatic hydroxyl groups excluding tert-OH is 1. The van der Waals surface area contributed by atoms with Crippen molar-refractivity contribution in [2.24, 2.45) is 10.9 Å². The van der Waals surface area contributed by atoms with E-state index in [9.17, 15) is 5.11 Å². The standard InChI is InChI=1S/C18H35N3O3/c1-3-6-15(8-10-22)13-20-18(19-4-2)21-9-12-24-17(14-21)16-7-5-11-23-16/h15-17,22H,3-14H2,1-2H3,(H,19,20). The molecule has 2 heterocycles. The Kier molecular flexibility index (Phi) is 8.84. The molecule has 6 nitrogen and oxygen atoms in total. The molecular weight excluding hydrogens is 306 g/mol. The summed E-state index contributed by atoms with van der Waals surface area (Å²) in [5, 5.41) is 12.7. The number of nitrogens with one attached hydrogen (secondary N) is 1. The Labute approximate surface area is 146 Å². The molecule has 24 heavy (non-hydrogen) atoms. The van der Waals surface area contributed by atoms with Crippen molar-refractivity contribution in [2.45, 2.75) is 58.2 Å². The number of aliphatic imine (C=N–C) groups is 1. The molecule has 2 rings (SSSR count). The molecule has 3 unspecified atom stereocenters. The summed E-state index contributed by atoms with van der Waals surface area (Å²) in [7, 11) is 0. The van der Waals surface area contributed by atoms with Gasteiger partial charge in [0, 0.05) is 39.4 Å². The summed E-state index contributed by atoms with van der Waals surface area (Å²) < 4.78 is 11.7. The Hall–Kier alpha value is -0.850. The molecule has 140 valence electrons. The lowest BCUT2D eigenvalue weighted by molar-refractivity contribution is -0.0817. The Morgan fingerprint density at radius 3 is 2.75 bits per heavy atom. The van der Waals surface area contributed by atoms with Gasteiger partial charge in [0.25, 0.3) is 0 Å². The molecule has 2 N–H and O–H groups in total. The highest BCUT2D eigenvalue weighted by Crippen LogP contribution is 2.21. The average Bonchev–Trinajstić information content (AvgIpc) is 3.13. The largest absolute Gasteiger partial charge is 0.396 e. The van der Waals surface area contributed by atoms with Gasteiger partial charge in [0.05, 0.1) is 12.7 Å². The minimum absolute atomic E-state index is 0.147. The molecule has 0 bridgehead atoms. The Bertz CT molecular complexity index is 367. The van der Waals surface area contributed by atoms with E-state index in [0.29, 0.717) is 5.92 Å². The molecular formula is C18H35N3O3. The van der Waals surface area contributed by atoms with Crippen LogP contribution in [0, 0.1) is 5.92 Å². The van der Waals surface area contributed by atoms with E-state index in [1.807, 2.05) is 0 Å². The topological polar surface area (TPSA) is 66.3 Å². The SMILES string of the molecule is CCCC(CCO)CN=C(NCC)N1CCOC(C2CCCO2)C1. The maximum Gasteiger partial charge on any atom is 0.194 e. The summed E-state index contributed by atoms with van der Waals surface area (Å²) in [5.74, 6) is 1.44. The first-order valence-corrected chi connectivity index (χ1v) is 9.65. The van der Waals surface area contributed by atoms with Gasteiger partial charge in [0.1, 0.15) is 6.10 Å². The van der Waals surface area contributed by atoms with Crippen molar-refractivity contribution in [2.75, 3.05) is 46.0 Å². The molecule has 0 aromatic heterocycles. The van der Waals surface area contributed by atoms with Crippen molar-refractivity contribution >= 4 is 5.96 Å². The predicted molar refractivity (Wildman–Crippen MR) is 96.4 cm³/mol. The summed E-state index contributed by atoms with van der Waals surface area (Å²) >= 11 is 0. The lowest BCUT2D eigenvalue weighted by Crippen LogP contribution is -2.53. The molecule has 0 aliphatic carbocycles. The van der Waals surface area contributed by atoms with Crippen LogP contribution >= 0.6 is 0 Å². The molecule has 0 saturated carbocycles. The Morgan fingerprint density at radius 2 is 2.08 bits per heavy atom. The third-order valence-corrected chi connectivity index (χ3v) is 4.84. The van der Waals surface area contributed by atoms with Crippen LogP contribution < -0.4 is 5.32 Å². The number of guanidine groups is 1. The van der Waals surface area contributed by atoms with Gasteiger partial charge >= 0.3 is 0 Å². The van der Waals surface area contributed by atoms with E-state index in [-0.39, 0.29) is 18.8 Å². The van der Waals surface area contributed by atoms with Crippen molar-refractivity contribution in [3.8, 4) is 0 Å². The Morgan fingerprint density at radius 1 is 1.25 bits per heavy atom. The average molecular weight is 341 g/mol. The summed E-state index contributed by atoms with van der Waals surface area (Å²) in [6.07, 6.45) is 5.70. The third kappa shape index (κ3) is 5.90. The molecule has 3 atom stereocenters. The van der Waals surface area contributed by atoms with Crippen molar-refractivity contribution < 1.29 is 14.6 Å². The molecule has 2 fully saturated rings. The molecule has 0 aromatic rings. The lowest BCUT2D eigenvalue weighted by atomic mass is 10.0. The molecule has 0 radical (unpaired) electrons. The first-order valence-electron chi connectivity index (χ1n) is 9.65. The second-order valence-electron chi connectivity index (χ2n) is 6.77. The number of hydrogen-bond donors (Lipinski definition) is 2. The summed E-state index contributed by atoms with van der Waals surface area (Å²) in [5.41, 5.74) is 0. The van der Waals surface area contributed by atoms with Crippen LogP contribution in [0.25, 0.3) is 0 Å². The highest BCUT2D eigenvalue weighted by molar-refractivity contribution is 5.80. The minimum Gasteiger partial charge on any atom is -0.396 e. The van der Waals surface area contributed by atoms with Gasteiger partial charge in [0.2, 0.25) is 0 Å². The second kappa shape index (κ2) is 10.9. The van der Waals surface area contributed by atoms with Crippen LogP contribution in [0.4, 0.5) is 0 Å². The van der Waals surface area contributed by atoms with Gasteiger partial charge in [-0.2, -0.15) is 0 Å². The fourth-order valence-electron chi connectivity index (χ4n) is 3.55. The van der Waals surface area contributed by atoms with E-state index in [0.717, 1.165) is 77.5 Å². The highest BCUT2D eigenvalue weighted by Gasteiger charge is 2.32. The zero-order valence-corrected chi connectivity index (χ0v) is 15.4. The van der Waals surface area contributed by atoms with E-state index in [4.69, 9.17) is 14.5 Å². The van der Waals surface area contributed by atoms with Gasteiger partial charge < -0.3 is 24.8 Å². The fourth-order valence-corrected chi connectivity index (χ4v) is 3.55. The van der Waals surface area contributed by atoms with Gasteiger partial charge in [-0.3, -0.25) is 4.99 Å². The maximum atomic E-state index is 9.23. The predicted octanol–water partition coefficient (Wildman–Crippen LogP) is 1.63. The first kappa shape index (κ1) is 19.5. The first-order chi connectivity index (χ1) is 11.8. The number of nitrogens with zero attached hydrogens (tertiary/aromatic N) is 2. The molecule has 2 aliphatic rings. The van der Waals surface area contributed by atoms with Crippen LogP contribution in [0.15, 0.2) is 4.99 Å². The van der Waals surface area contributed by atoms with Crippen LogP contribution in [0.3, 0.4) is 0 Å². The monoisotopic (exact) mass is 341 g/mol. The molecule has 2 saturated heterocycles. The van der Waals surface area contributed by atoms with Crippen molar-refractivity contribution in [3.63, 3.8) is 0 Å². The van der Waals surface area contributed by atoms with Gasteiger partial charge in [-0.1, -0.05) is 13.3 Å². The third-order valence-electron chi connectivity index (χ3n) is 4.84. The molecule has 6 heteroatoms. The van der Waals surface area contributed by atoms with Crippen LogP contribution in [0.2, 0.25) is 0 Å². The summed E-state index contributed by atoms with van der Waals surface area (Å²) in [4.78, 5) is 7.17. The summed E-state index contributed by atoms with van der Waals surface area (Å²) in [6.45, 7) is 9.47. The quantitative estimate of drug-likeness (QED) is 0.519. The molecule has 0 aromatic carbocycles. The number of aliphatic hydroxyl groups is 1. The van der Waals surface area contributed by atoms with E-state index in [1.165, 1.54) is 0 Å². The lowest BCUT2D eigenvalue weighted by Gasteiger charge is -2.37. The van der Waals surface area contributed by atoms with Gasteiger partial charge in [-0.15, -0.1) is 0 Å². The number of rotatable bonds is 8. The van der Waals surface area contributed by atoms with E-state index in [1.54, 1.807) is 0 Å². The molecule has 0 spiro atoms. The van der Waals surface area contributed by atoms with Crippen LogP contribution in [0.1, 0.15) is 46.0 Å². The van der Waals surface area contributed by atoms with Gasteiger partial charge in [-0.25, -0.2) is 0 Å². The highest BCUT2D eigenvalue weighted by atomic mass is 16.5. The number of hydrogen-bond acceptors (Lipinski definition) is 4. The van der Waals surface area contributed by atoms with Crippen LogP contribution in [0.5, 0.6) is 0 Å². The van der Waals surface area contributed by atoms with Gasteiger partial charge in [0.15, 0.2) is 5.96 Å². The van der Waals surface area contributed by atoms with Crippen LogP contribution in [-0.2, 0) is 9.47 Å². The maximum absolute atomic E-state index is 9.23. The normalized spacial score (nSPS) is 26.6. The van der Waals surface area contributed by atoms with Crippen LogP contribution in [-0.4, -0.2) is 74.2 Å². The van der Waals surface area contributed by atoms with E-state index < -0.39 is 0 Å². The van der Waals surface area contributed by atoms with Crippen molar-refractivity contribution in [1.82, 2.24) is 10.2 Å². The van der Waals surface area contributed by atoms with E-state index in [2.05, 4.69) is 24.1 Å². The zero-order valence-electron chi connectivity index (χ0n) is 15.4. The minimum atomic E-state index is 0.147.